The molecule has 1 heterocycles. The van der Waals surface area contributed by atoms with Crippen LogP contribution in [0.4, 0.5) is 0 Å². The maximum atomic E-state index is 12.5. The highest BCUT2D eigenvalue weighted by atomic mass is 16.7. The number of hydrogen-bond donors (Lipinski definition) is 1. The van der Waals surface area contributed by atoms with Crippen LogP contribution in [0.3, 0.4) is 0 Å². The minimum atomic E-state index is -0.447. The van der Waals surface area contributed by atoms with Gasteiger partial charge in [-0.2, -0.15) is 0 Å². The van der Waals surface area contributed by atoms with Gasteiger partial charge in [0, 0.05) is 11.6 Å². The third kappa shape index (κ3) is 3.19. The third-order valence-corrected chi connectivity index (χ3v) is 5.13. The van der Waals surface area contributed by atoms with E-state index in [4.69, 9.17) is 9.31 Å². The largest absolute Gasteiger partial charge is 0.495 e. The van der Waals surface area contributed by atoms with Crippen molar-refractivity contribution < 1.29 is 14.1 Å². The van der Waals surface area contributed by atoms with Gasteiger partial charge in [-0.15, -0.1) is 0 Å². The fraction of sp³-hybridized carbons (Fsp3) is 0.450. The van der Waals surface area contributed by atoms with Crippen LogP contribution in [0.15, 0.2) is 36.4 Å². The van der Waals surface area contributed by atoms with Crippen molar-refractivity contribution in [1.82, 2.24) is 5.32 Å². The van der Waals surface area contributed by atoms with Gasteiger partial charge in [0.15, 0.2) is 0 Å². The minimum absolute atomic E-state index is 0.0633. The molecule has 1 saturated heterocycles. The van der Waals surface area contributed by atoms with Gasteiger partial charge in [-0.25, -0.2) is 0 Å². The summed E-state index contributed by atoms with van der Waals surface area (Å²) in [7, 11) is -0.447. The maximum absolute atomic E-state index is 12.5. The fourth-order valence-electron chi connectivity index (χ4n) is 3.05. The van der Waals surface area contributed by atoms with Gasteiger partial charge in [-0.05, 0) is 63.8 Å². The van der Waals surface area contributed by atoms with E-state index in [2.05, 4.69) is 5.32 Å². The molecule has 1 aliphatic rings. The topological polar surface area (TPSA) is 47.6 Å². The molecule has 1 amide bonds. The molecule has 25 heavy (non-hydrogen) atoms. The Morgan fingerprint density at radius 2 is 1.52 bits per heavy atom. The number of carbonyl (C=O) groups is 1. The smallest absolute Gasteiger partial charge is 0.399 e. The van der Waals surface area contributed by atoms with Crippen molar-refractivity contribution in [2.45, 2.75) is 58.8 Å². The lowest BCUT2D eigenvalue weighted by Gasteiger charge is -2.32. The highest BCUT2D eigenvalue weighted by Crippen LogP contribution is 2.37. The summed E-state index contributed by atoms with van der Waals surface area (Å²) in [5, 5.41) is 4.86. The molecule has 0 atom stereocenters. The van der Waals surface area contributed by atoms with Crippen molar-refractivity contribution in [3.63, 3.8) is 0 Å². The van der Waals surface area contributed by atoms with E-state index in [0.29, 0.717) is 5.56 Å². The molecule has 1 aliphatic heterocycles. The van der Waals surface area contributed by atoms with Crippen LogP contribution in [0.25, 0.3) is 10.8 Å². The van der Waals surface area contributed by atoms with Gasteiger partial charge in [0.1, 0.15) is 0 Å². The number of benzene rings is 2. The van der Waals surface area contributed by atoms with E-state index >= 15 is 0 Å². The van der Waals surface area contributed by atoms with Gasteiger partial charge in [0.25, 0.3) is 5.91 Å². The Bertz CT molecular complexity index is 798. The maximum Gasteiger partial charge on any atom is 0.495 e. The van der Waals surface area contributed by atoms with Crippen molar-refractivity contribution in [1.29, 1.82) is 0 Å². The Kier molecular flexibility index (Phi) is 4.42. The Morgan fingerprint density at radius 3 is 2.12 bits per heavy atom. The second-order valence-corrected chi connectivity index (χ2v) is 7.96. The molecule has 4 nitrogen and oxygen atoms in total. The van der Waals surface area contributed by atoms with Gasteiger partial charge < -0.3 is 14.6 Å². The Morgan fingerprint density at radius 1 is 0.960 bits per heavy atom. The van der Waals surface area contributed by atoms with E-state index in [1.807, 2.05) is 77.9 Å². The normalized spacial score (nSPS) is 18.8. The predicted molar refractivity (Wildman–Crippen MR) is 102 cm³/mol. The third-order valence-electron chi connectivity index (χ3n) is 5.13. The number of rotatable bonds is 3. The van der Waals surface area contributed by atoms with Crippen molar-refractivity contribution in [3.05, 3.63) is 42.0 Å². The number of amides is 1. The molecular formula is C20H26BNO3. The molecule has 1 N–H and O–H groups in total. The number of nitrogens with one attached hydrogen (secondary N) is 1. The molecule has 0 bridgehead atoms. The second-order valence-electron chi connectivity index (χ2n) is 7.96. The SMILES string of the molecule is CC(C)NC(=O)c1cccc2c(B3OC(C)(C)C(C)(C)O3)cccc12. The standard InChI is InChI=1S/C20H26BNO3/c1-13(2)22-18(23)16-11-7-10-15-14(16)9-8-12-17(15)21-24-19(3,4)20(5,6)25-21/h7-13H,1-6H3,(H,22,23). The summed E-state index contributed by atoms with van der Waals surface area (Å²) in [4.78, 5) is 12.5. The van der Waals surface area contributed by atoms with E-state index in [0.717, 1.165) is 16.2 Å². The highest BCUT2D eigenvalue weighted by Gasteiger charge is 2.52. The van der Waals surface area contributed by atoms with Crippen LogP contribution in [-0.4, -0.2) is 30.3 Å². The zero-order valence-electron chi connectivity index (χ0n) is 15.8. The molecule has 2 aromatic carbocycles. The summed E-state index contributed by atoms with van der Waals surface area (Å²) in [6.07, 6.45) is 0. The molecule has 1 fully saturated rings. The van der Waals surface area contributed by atoms with Gasteiger partial charge in [0.05, 0.1) is 11.2 Å². The van der Waals surface area contributed by atoms with Crippen LogP contribution < -0.4 is 10.8 Å². The van der Waals surface area contributed by atoms with Crippen LogP contribution in [-0.2, 0) is 9.31 Å². The average molecular weight is 339 g/mol. The number of fused-ring (bicyclic) bond motifs is 1. The average Bonchev–Trinajstić information content (AvgIpc) is 2.73. The van der Waals surface area contributed by atoms with E-state index < -0.39 is 18.3 Å². The summed E-state index contributed by atoms with van der Waals surface area (Å²) < 4.78 is 12.4. The first-order valence-corrected chi connectivity index (χ1v) is 8.80. The lowest BCUT2D eigenvalue weighted by Crippen LogP contribution is -2.41. The van der Waals surface area contributed by atoms with E-state index in [1.54, 1.807) is 0 Å². The first-order valence-electron chi connectivity index (χ1n) is 8.80. The Labute approximate surface area is 150 Å². The molecule has 132 valence electrons. The molecule has 2 aromatic rings. The molecular weight excluding hydrogens is 313 g/mol. The van der Waals surface area contributed by atoms with Crippen molar-refractivity contribution in [2.75, 3.05) is 0 Å². The van der Waals surface area contributed by atoms with E-state index in [-0.39, 0.29) is 11.9 Å². The number of carbonyl (C=O) groups excluding carboxylic acids is 1. The van der Waals surface area contributed by atoms with Crippen LogP contribution in [0.2, 0.25) is 0 Å². The lowest BCUT2D eigenvalue weighted by atomic mass is 9.75. The molecule has 0 saturated carbocycles. The fourth-order valence-corrected chi connectivity index (χ4v) is 3.05. The first-order chi connectivity index (χ1) is 11.6. The summed E-state index contributed by atoms with van der Waals surface area (Å²) in [6.45, 7) is 12.1. The van der Waals surface area contributed by atoms with Gasteiger partial charge in [0.2, 0.25) is 0 Å². The Balaban J connectivity index is 2.06. The summed E-state index contributed by atoms with van der Waals surface area (Å²) in [5.41, 5.74) is 0.832. The quantitative estimate of drug-likeness (QED) is 0.873. The minimum Gasteiger partial charge on any atom is -0.399 e. The zero-order valence-corrected chi connectivity index (χ0v) is 15.8. The van der Waals surface area contributed by atoms with Gasteiger partial charge in [-0.1, -0.05) is 30.3 Å². The van der Waals surface area contributed by atoms with Crippen LogP contribution in [0, 0.1) is 0 Å². The number of hydrogen-bond acceptors (Lipinski definition) is 3. The molecule has 5 heteroatoms. The van der Waals surface area contributed by atoms with Crippen LogP contribution >= 0.6 is 0 Å². The summed E-state index contributed by atoms with van der Waals surface area (Å²) >= 11 is 0. The van der Waals surface area contributed by atoms with Crippen molar-refractivity contribution >= 4 is 29.3 Å². The molecule has 0 radical (unpaired) electrons. The van der Waals surface area contributed by atoms with Crippen LogP contribution in [0.5, 0.6) is 0 Å². The second kappa shape index (κ2) is 6.15. The molecule has 0 aliphatic carbocycles. The molecule has 0 unspecified atom stereocenters. The van der Waals surface area contributed by atoms with Crippen molar-refractivity contribution in [2.24, 2.45) is 0 Å². The van der Waals surface area contributed by atoms with E-state index in [9.17, 15) is 4.79 Å². The monoisotopic (exact) mass is 339 g/mol. The predicted octanol–water partition coefficient (Wildman–Crippen LogP) is 3.28. The molecule has 0 aromatic heterocycles. The zero-order chi connectivity index (χ0) is 18.4. The Hall–Kier alpha value is -1.85. The summed E-state index contributed by atoms with van der Waals surface area (Å²) in [5.74, 6) is -0.0633. The highest BCUT2D eigenvalue weighted by molar-refractivity contribution is 6.65. The lowest BCUT2D eigenvalue weighted by molar-refractivity contribution is 0.00578. The summed E-state index contributed by atoms with van der Waals surface area (Å²) in [6, 6.07) is 11.8. The van der Waals surface area contributed by atoms with Gasteiger partial charge in [-0.3, -0.25) is 4.79 Å². The first kappa shape index (κ1) is 18.0. The molecule has 0 spiro atoms. The van der Waals surface area contributed by atoms with E-state index in [1.165, 1.54) is 0 Å². The molecule has 3 rings (SSSR count). The van der Waals surface area contributed by atoms with Crippen molar-refractivity contribution in [3.8, 4) is 0 Å². The van der Waals surface area contributed by atoms with Crippen LogP contribution in [0.1, 0.15) is 51.9 Å². The van der Waals surface area contributed by atoms with Gasteiger partial charge >= 0.3 is 7.12 Å².